The van der Waals surface area contributed by atoms with Gasteiger partial charge in [0.25, 0.3) is 15.9 Å². The number of sulfonamides is 1. The Morgan fingerprint density at radius 3 is 2.17 bits per heavy atom. The average Bonchev–Trinajstić information content (AvgIpc) is 2.75. The minimum absolute atomic E-state index is 0.0567. The number of thiocarbonyl (C=S) groups is 1. The summed E-state index contributed by atoms with van der Waals surface area (Å²) in [5, 5.41) is 5.66. The molecule has 9 heteroatoms. The predicted molar refractivity (Wildman–Crippen MR) is 150 cm³/mol. The number of amides is 1. The van der Waals surface area contributed by atoms with Gasteiger partial charge >= 0.3 is 0 Å². The molecule has 6 nitrogen and oxygen atoms in total. The molecule has 3 aromatic rings. The fraction of sp³-hybridized carbons (Fsp3) is 0.231. The maximum Gasteiger partial charge on any atom is 0.261 e. The molecule has 35 heavy (non-hydrogen) atoms. The van der Waals surface area contributed by atoms with Crippen molar-refractivity contribution in [3.05, 3.63) is 87.4 Å². The van der Waals surface area contributed by atoms with Gasteiger partial charge in [0.15, 0.2) is 5.11 Å². The zero-order chi connectivity index (χ0) is 26.0. The lowest BCUT2D eigenvalue weighted by atomic mass is 9.86. The van der Waals surface area contributed by atoms with Gasteiger partial charge in [-0.2, -0.15) is 0 Å². The number of nitrogens with one attached hydrogen (secondary N) is 3. The maximum atomic E-state index is 12.8. The van der Waals surface area contributed by atoms with E-state index < -0.39 is 10.0 Å². The summed E-state index contributed by atoms with van der Waals surface area (Å²) in [5.41, 5.74) is 4.48. The lowest BCUT2D eigenvalue weighted by Gasteiger charge is -2.21. The van der Waals surface area contributed by atoms with Crippen molar-refractivity contribution in [3.63, 3.8) is 0 Å². The molecule has 3 rings (SSSR count). The van der Waals surface area contributed by atoms with Crippen LogP contribution in [0.5, 0.6) is 0 Å². The van der Waals surface area contributed by atoms with E-state index in [1.54, 1.807) is 30.3 Å². The summed E-state index contributed by atoms with van der Waals surface area (Å²) in [5.74, 6) is -0.347. The summed E-state index contributed by atoms with van der Waals surface area (Å²) >= 11 is 8.80. The summed E-state index contributed by atoms with van der Waals surface area (Å²) in [7, 11) is -3.75. The van der Waals surface area contributed by atoms with Gasteiger partial charge in [-0.25, -0.2) is 8.42 Å². The number of hydrogen-bond acceptors (Lipinski definition) is 4. The van der Waals surface area contributed by atoms with Gasteiger partial charge < -0.3 is 5.32 Å². The molecule has 3 aromatic carbocycles. The van der Waals surface area contributed by atoms with Gasteiger partial charge in [0, 0.05) is 15.7 Å². The van der Waals surface area contributed by atoms with Crippen LogP contribution in [0, 0.1) is 13.8 Å². The molecule has 0 radical (unpaired) electrons. The Bertz CT molecular complexity index is 1380. The van der Waals surface area contributed by atoms with Crippen LogP contribution in [0.1, 0.15) is 47.8 Å². The zero-order valence-electron chi connectivity index (χ0n) is 20.2. The normalized spacial score (nSPS) is 11.6. The van der Waals surface area contributed by atoms with Crippen LogP contribution in [0.15, 0.2) is 70.0 Å². The van der Waals surface area contributed by atoms with Gasteiger partial charge in [-0.3, -0.25) is 14.8 Å². The van der Waals surface area contributed by atoms with Gasteiger partial charge in [0.2, 0.25) is 0 Å². The standard InChI is InChI=1S/C26H28BrN3O3S2/c1-16-6-13-23(17(2)14-16)30-35(32,33)20-10-8-19(9-11-20)28-25(34)29-24(31)18-7-12-21(22(27)15-18)26(3,4)5/h6-15,30H,1-5H3,(H2,28,29,31,34). The molecule has 0 aliphatic carbocycles. The Labute approximate surface area is 220 Å². The molecule has 0 saturated carbocycles. The summed E-state index contributed by atoms with van der Waals surface area (Å²) < 4.78 is 29.0. The molecule has 0 aliphatic rings. The third-order valence-corrected chi connectivity index (χ3v) is 7.56. The fourth-order valence-electron chi connectivity index (χ4n) is 3.45. The van der Waals surface area contributed by atoms with Crippen LogP contribution in [0.3, 0.4) is 0 Å². The molecule has 0 atom stereocenters. The number of benzene rings is 3. The zero-order valence-corrected chi connectivity index (χ0v) is 23.4. The van der Waals surface area contributed by atoms with Crippen LogP contribution in [0.25, 0.3) is 0 Å². The van der Waals surface area contributed by atoms with E-state index in [0.29, 0.717) is 16.9 Å². The highest BCUT2D eigenvalue weighted by atomic mass is 79.9. The molecule has 0 unspecified atom stereocenters. The van der Waals surface area contributed by atoms with Crippen LogP contribution in [0.2, 0.25) is 0 Å². The highest BCUT2D eigenvalue weighted by Crippen LogP contribution is 2.30. The molecule has 0 bridgehead atoms. The van der Waals surface area contributed by atoms with Crippen LogP contribution in [-0.2, 0) is 15.4 Å². The molecule has 0 fully saturated rings. The summed E-state index contributed by atoms with van der Waals surface area (Å²) in [4.78, 5) is 12.7. The Kier molecular flexibility index (Phi) is 8.03. The Hall–Kier alpha value is -2.75. The van der Waals surface area contributed by atoms with E-state index in [1.165, 1.54) is 12.1 Å². The van der Waals surface area contributed by atoms with Gasteiger partial charge in [-0.1, -0.05) is 60.5 Å². The molecule has 184 valence electrons. The molecule has 3 N–H and O–H groups in total. The lowest BCUT2D eigenvalue weighted by molar-refractivity contribution is 0.0977. The SMILES string of the molecule is Cc1ccc(NS(=O)(=O)c2ccc(NC(=S)NC(=O)c3ccc(C(C)(C)C)c(Br)c3)cc2)c(C)c1. The predicted octanol–water partition coefficient (Wildman–Crippen LogP) is 6.29. The largest absolute Gasteiger partial charge is 0.332 e. The Morgan fingerprint density at radius 1 is 0.943 bits per heavy atom. The topological polar surface area (TPSA) is 87.3 Å². The summed E-state index contributed by atoms with van der Waals surface area (Å²) in [6.07, 6.45) is 0. The van der Waals surface area contributed by atoms with E-state index in [2.05, 4.69) is 52.1 Å². The molecule has 0 heterocycles. The number of carbonyl (C=O) groups is 1. The first-order valence-electron chi connectivity index (χ1n) is 10.9. The molecular weight excluding hydrogens is 546 g/mol. The molecule has 0 spiro atoms. The van der Waals surface area contributed by atoms with E-state index >= 15 is 0 Å². The molecule has 0 aliphatic heterocycles. The van der Waals surface area contributed by atoms with Crippen LogP contribution in [-0.4, -0.2) is 19.4 Å². The Balaban J connectivity index is 1.64. The molecular formula is C26H28BrN3O3S2. The number of hydrogen-bond donors (Lipinski definition) is 3. The van der Waals surface area contributed by atoms with Crippen molar-refractivity contribution in [2.45, 2.75) is 44.9 Å². The highest BCUT2D eigenvalue weighted by Gasteiger charge is 2.19. The van der Waals surface area contributed by atoms with Crippen molar-refractivity contribution >= 4 is 60.6 Å². The lowest BCUT2D eigenvalue weighted by Crippen LogP contribution is -2.34. The maximum absolute atomic E-state index is 12.8. The van der Waals surface area contributed by atoms with Crippen molar-refractivity contribution in [2.75, 3.05) is 10.0 Å². The van der Waals surface area contributed by atoms with Crippen molar-refractivity contribution in [1.29, 1.82) is 0 Å². The van der Waals surface area contributed by atoms with Crippen LogP contribution in [0.4, 0.5) is 11.4 Å². The van der Waals surface area contributed by atoms with Crippen LogP contribution < -0.4 is 15.4 Å². The Morgan fingerprint density at radius 2 is 1.60 bits per heavy atom. The number of anilines is 2. The van der Waals surface area contributed by atoms with E-state index in [9.17, 15) is 13.2 Å². The number of aryl methyl sites for hydroxylation is 2. The minimum Gasteiger partial charge on any atom is -0.332 e. The second-order valence-electron chi connectivity index (χ2n) is 9.30. The minimum atomic E-state index is -3.75. The van der Waals surface area contributed by atoms with E-state index in [0.717, 1.165) is 21.2 Å². The second kappa shape index (κ2) is 10.5. The van der Waals surface area contributed by atoms with E-state index in [1.807, 2.05) is 32.0 Å². The van der Waals surface area contributed by atoms with Gasteiger partial charge in [0.05, 0.1) is 10.6 Å². The van der Waals surface area contributed by atoms with Crippen LogP contribution >= 0.6 is 28.1 Å². The number of rotatable bonds is 5. The third kappa shape index (κ3) is 6.90. The molecule has 0 saturated heterocycles. The number of halogens is 1. The molecule has 1 amide bonds. The molecule has 0 aromatic heterocycles. The summed E-state index contributed by atoms with van der Waals surface area (Å²) in [6.45, 7) is 10.1. The average molecular weight is 575 g/mol. The second-order valence-corrected chi connectivity index (χ2v) is 12.2. The van der Waals surface area contributed by atoms with Crippen molar-refractivity contribution in [2.24, 2.45) is 0 Å². The fourth-order valence-corrected chi connectivity index (χ4v) is 5.77. The summed E-state index contributed by atoms with van der Waals surface area (Å²) in [6, 6.07) is 17.1. The van der Waals surface area contributed by atoms with E-state index in [-0.39, 0.29) is 21.3 Å². The number of carbonyl (C=O) groups excluding carboxylic acids is 1. The first-order valence-corrected chi connectivity index (χ1v) is 13.6. The highest BCUT2D eigenvalue weighted by molar-refractivity contribution is 9.10. The van der Waals surface area contributed by atoms with Gasteiger partial charge in [-0.05, 0) is 85.1 Å². The third-order valence-electron chi connectivity index (χ3n) is 5.32. The first-order chi connectivity index (χ1) is 16.3. The first kappa shape index (κ1) is 26.8. The van der Waals surface area contributed by atoms with Crippen molar-refractivity contribution < 1.29 is 13.2 Å². The smallest absolute Gasteiger partial charge is 0.261 e. The van der Waals surface area contributed by atoms with Crippen molar-refractivity contribution in [3.8, 4) is 0 Å². The monoisotopic (exact) mass is 573 g/mol. The van der Waals surface area contributed by atoms with Gasteiger partial charge in [-0.15, -0.1) is 0 Å². The quantitative estimate of drug-likeness (QED) is 0.312. The van der Waals surface area contributed by atoms with Crippen molar-refractivity contribution in [1.82, 2.24) is 5.32 Å². The van der Waals surface area contributed by atoms with E-state index in [4.69, 9.17) is 12.2 Å². The van der Waals surface area contributed by atoms with Gasteiger partial charge in [0.1, 0.15) is 0 Å².